The molecule has 0 unspecified atom stereocenters. The lowest BCUT2D eigenvalue weighted by atomic mass is 10.1. The average molecular weight is 372 g/mol. The van der Waals surface area contributed by atoms with E-state index in [0.717, 1.165) is 0 Å². The molecule has 0 bridgehead atoms. The summed E-state index contributed by atoms with van der Waals surface area (Å²) in [5.74, 6) is -1.83. The first-order valence-corrected chi connectivity index (χ1v) is 8.14. The number of carbonyl (C=O) groups is 2. The van der Waals surface area contributed by atoms with Gasteiger partial charge in [-0.25, -0.2) is 9.48 Å². The van der Waals surface area contributed by atoms with Gasteiger partial charge in [-0.2, -0.15) is 5.10 Å². The van der Waals surface area contributed by atoms with Gasteiger partial charge in [0.05, 0.1) is 16.6 Å². The summed E-state index contributed by atoms with van der Waals surface area (Å²) < 4.78 is 1.19. The van der Waals surface area contributed by atoms with Gasteiger partial charge in [-0.1, -0.05) is 29.8 Å². The van der Waals surface area contributed by atoms with Crippen molar-refractivity contribution >= 4 is 39.9 Å². The number of anilines is 1. The van der Waals surface area contributed by atoms with Gasteiger partial charge in [-0.15, -0.1) is 0 Å². The molecule has 0 aliphatic carbocycles. The molecule has 0 saturated heterocycles. The Hall–Kier alpha value is -3.19. The second-order valence-electron chi connectivity index (χ2n) is 5.46. The third-order valence-corrected chi connectivity index (χ3v) is 4.08. The van der Waals surface area contributed by atoms with Crippen LogP contribution in [-0.4, -0.2) is 26.8 Å². The number of benzene rings is 2. The van der Waals surface area contributed by atoms with Crippen LogP contribution < -0.4 is 10.9 Å². The topological polar surface area (TPSA) is 101 Å². The van der Waals surface area contributed by atoms with E-state index in [9.17, 15) is 19.5 Å². The van der Waals surface area contributed by atoms with Crippen molar-refractivity contribution in [3.8, 4) is 0 Å². The molecule has 0 spiro atoms. The van der Waals surface area contributed by atoms with Crippen LogP contribution in [0.5, 0.6) is 0 Å². The van der Waals surface area contributed by atoms with Crippen molar-refractivity contribution in [2.24, 2.45) is 0 Å². The molecule has 2 N–H and O–H groups in total. The largest absolute Gasteiger partial charge is 0.478 e. The van der Waals surface area contributed by atoms with Crippen LogP contribution in [0.2, 0.25) is 5.02 Å². The van der Waals surface area contributed by atoms with Gasteiger partial charge in [0, 0.05) is 17.0 Å². The Morgan fingerprint density at radius 2 is 1.88 bits per heavy atom. The first-order valence-electron chi connectivity index (χ1n) is 7.76. The Kier molecular flexibility index (Phi) is 4.73. The van der Waals surface area contributed by atoms with E-state index in [-0.39, 0.29) is 27.5 Å². The lowest BCUT2D eigenvalue weighted by molar-refractivity contribution is 0.0698. The molecule has 0 aliphatic heterocycles. The summed E-state index contributed by atoms with van der Waals surface area (Å²) in [6, 6.07) is 10.7. The molecule has 1 heterocycles. The second kappa shape index (κ2) is 6.97. The highest BCUT2D eigenvalue weighted by atomic mass is 35.5. The van der Waals surface area contributed by atoms with E-state index in [1.165, 1.54) is 22.9 Å². The van der Waals surface area contributed by atoms with Crippen molar-refractivity contribution in [1.82, 2.24) is 9.78 Å². The Balaban J connectivity index is 2.12. The van der Waals surface area contributed by atoms with Crippen LogP contribution in [0, 0.1) is 0 Å². The van der Waals surface area contributed by atoms with E-state index in [2.05, 4.69) is 10.4 Å². The third-order valence-electron chi connectivity index (χ3n) is 3.84. The molecule has 3 rings (SSSR count). The zero-order valence-electron chi connectivity index (χ0n) is 13.7. The van der Waals surface area contributed by atoms with E-state index in [1.54, 1.807) is 31.2 Å². The Morgan fingerprint density at radius 1 is 1.19 bits per heavy atom. The number of hydrogen-bond donors (Lipinski definition) is 2. The summed E-state index contributed by atoms with van der Waals surface area (Å²) in [5.41, 5.74) is -0.321. The number of aryl methyl sites for hydroxylation is 1. The fraction of sp³-hybridized carbons (Fsp3) is 0.111. The number of rotatable bonds is 4. The van der Waals surface area contributed by atoms with Crippen molar-refractivity contribution in [3.05, 3.63) is 69.1 Å². The molecule has 0 fully saturated rings. The first-order chi connectivity index (χ1) is 12.4. The highest BCUT2D eigenvalue weighted by Crippen LogP contribution is 2.23. The van der Waals surface area contributed by atoms with Crippen LogP contribution in [0.4, 0.5) is 5.69 Å². The van der Waals surface area contributed by atoms with Crippen LogP contribution in [0.3, 0.4) is 0 Å². The number of hydrogen-bond acceptors (Lipinski definition) is 4. The smallest absolute Gasteiger partial charge is 0.337 e. The number of aromatic nitrogens is 2. The van der Waals surface area contributed by atoms with E-state index in [4.69, 9.17) is 11.6 Å². The SMILES string of the molecule is CCn1nc(C(=O)Nc2cc(Cl)ccc2C(=O)O)c2ccccc2c1=O. The molecule has 1 amide bonds. The Labute approximate surface area is 152 Å². The number of nitrogens with zero attached hydrogens (tertiary/aromatic N) is 2. The zero-order chi connectivity index (χ0) is 18.8. The number of carboxylic acids is 1. The Morgan fingerprint density at radius 3 is 2.54 bits per heavy atom. The maximum atomic E-state index is 12.8. The standard InChI is InChI=1S/C18H14ClN3O4/c1-2-22-17(24)12-6-4-3-5-11(12)15(21-22)16(23)20-14-9-10(19)7-8-13(14)18(25)26/h3-9H,2H2,1H3,(H,20,23)(H,25,26). The van der Waals surface area contributed by atoms with E-state index >= 15 is 0 Å². The molecule has 0 atom stereocenters. The minimum atomic E-state index is -1.20. The lowest BCUT2D eigenvalue weighted by Crippen LogP contribution is -2.27. The van der Waals surface area contributed by atoms with Crippen molar-refractivity contribution in [2.45, 2.75) is 13.5 Å². The van der Waals surface area contributed by atoms with Gasteiger partial charge >= 0.3 is 5.97 Å². The van der Waals surface area contributed by atoms with Gasteiger partial charge in [-0.05, 0) is 31.2 Å². The minimum absolute atomic E-state index is 0.0263. The molecule has 0 radical (unpaired) electrons. The van der Waals surface area contributed by atoms with Crippen LogP contribution >= 0.6 is 11.6 Å². The van der Waals surface area contributed by atoms with Crippen molar-refractivity contribution in [1.29, 1.82) is 0 Å². The van der Waals surface area contributed by atoms with Crippen molar-refractivity contribution < 1.29 is 14.7 Å². The number of fused-ring (bicyclic) bond motifs is 1. The number of carboxylic acid groups (broad SMARTS) is 1. The summed E-state index contributed by atoms with van der Waals surface area (Å²) in [5, 5.41) is 17.0. The van der Waals surface area contributed by atoms with Crippen LogP contribution in [-0.2, 0) is 6.54 Å². The summed E-state index contributed by atoms with van der Waals surface area (Å²) in [4.78, 5) is 36.5. The predicted octanol–water partition coefficient (Wildman–Crippen LogP) is 3.02. The van der Waals surface area contributed by atoms with Gasteiger partial charge in [0.1, 0.15) is 0 Å². The number of aromatic carboxylic acids is 1. The number of carbonyl (C=O) groups excluding carboxylic acids is 1. The molecule has 3 aromatic rings. The monoisotopic (exact) mass is 371 g/mol. The highest BCUT2D eigenvalue weighted by Gasteiger charge is 2.19. The number of halogens is 1. The van der Waals surface area contributed by atoms with Gasteiger partial charge < -0.3 is 10.4 Å². The molecule has 1 aromatic heterocycles. The first kappa shape index (κ1) is 17.6. The molecule has 8 heteroatoms. The zero-order valence-corrected chi connectivity index (χ0v) is 14.4. The van der Waals surface area contributed by atoms with Gasteiger partial charge in [0.25, 0.3) is 11.5 Å². The Bertz CT molecular complexity index is 1090. The normalized spacial score (nSPS) is 10.7. The van der Waals surface area contributed by atoms with Gasteiger partial charge in [0.2, 0.25) is 0 Å². The van der Waals surface area contributed by atoms with Gasteiger partial charge in [-0.3, -0.25) is 9.59 Å². The summed E-state index contributed by atoms with van der Waals surface area (Å²) in [6.45, 7) is 2.03. The fourth-order valence-electron chi connectivity index (χ4n) is 2.61. The molecular weight excluding hydrogens is 358 g/mol. The quantitative estimate of drug-likeness (QED) is 0.734. The molecule has 0 aliphatic rings. The van der Waals surface area contributed by atoms with Crippen molar-refractivity contribution in [2.75, 3.05) is 5.32 Å². The van der Waals surface area contributed by atoms with E-state index in [0.29, 0.717) is 17.3 Å². The van der Waals surface area contributed by atoms with Crippen molar-refractivity contribution in [3.63, 3.8) is 0 Å². The lowest BCUT2D eigenvalue weighted by Gasteiger charge is -2.12. The van der Waals surface area contributed by atoms with Crippen LogP contribution in [0.1, 0.15) is 27.8 Å². The molecule has 2 aromatic carbocycles. The predicted molar refractivity (Wildman–Crippen MR) is 98.0 cm³/mol. The summed E-state index contributed by atoms with van der Waals surface area (Å²) in [6.07, 6.45) is 0. The van der Waals surface area contributed by atoms with E-state index < -0.39 is 11.9 Å². The number of amides is 1. The maximum absolute atomic E-state index is 12.8. The van der Waals surface area contributed by atoms with Gasteiger partial charge in [0.15, 0.2) is 5.69 Å². The summed E-state index contributed by atoms with van der Waals surface area (Å²) in [7, 11) is 0. The molecule has 0 saturated carbocycles. The minimum Gasteiger partial charge on any atom is -0.478 e. The molecule has 7 nitrogen and oxygen atoms in total. The third kappa shape index (κ3) is 3.16. The average Bonchev–Trinajstić information content (AvgIpc) is 2.62. The number of nitrogens with one attached hydrogen (secondary N) is 1. The second-order valence-corrected chi connectivity index (χ2v) is 5.90. The van der Waals surface area contributed by atoms with E-state index in [1.807, 2.05) is 0 Å². The fourth-order valence-corrected chi connectivity index (χ4v) is 2.78. The van der Waals surface area contributed by atoms with Crippen LogP contribution in [0.15, 0.2) is 47.3 Å². The van der Waals surface area contributed by atoms with Crippen LogP contribution in [0.25, 0.3) is 10.8 Å². The molecule has 132 valence electrons. The summed E-state index contributed by atoms with van der Waals surface area (Å²) >= 11 is 5.91. The molecule has 26 heavy (non-hydrogen) atoms. The maximum Gasteiger partial charge on any atom is 0.337 e. The highest BCUT2D eigenvalue weighted by molar-refractivity contribution is 6.31. The molecular formula is C18H14ClN3O4.